The van der Waals surface area contributed by atoms with Gasteiger partial charge in [0.25, 0.3) is 0 Å². The zero-order valence-electron chi connectivity index (χ0n) is 14.2. The van der Waals surface area contributed by atoms with Crippen LogP contribution in [0, 0.1) is 5.41 Å². The molecule has 0 amide bonds. The molecule has 0 atom stereocenters. The van der Waals surface area contributed by atoms with E-state index in [2.05, 4.69) is 56.1 Å². The minimum absolute atomic E-state index is 0. The van der Waals surface area contributed by atoms with E-state index in [4.69, 9.17) is 0 Å². The van der Waals surface area contributed by atoms with Crippen LogP contribution in [0.5, 0.6) is 0 Å². The molecule has 0 unspecified atom stereocenters. The Kier molecular flexibility index (Phi) is 7.94. The number of hydrogen-bond donors (Lipinski definition) is 0. The van der Waals surface area contributed by atoms with Gasteiger partial charge in [-0.05, 0) is 11.8 Å². The van der Waals surface area contributed by atoms with E-state index in [1.807, 2.05) is 0 Å². The van der Waals surface area contributed by atoms with Crippen molar-refractivity contribution in [1.82, 2.24) is 0 Å². The highest BCUT2D eigenvalue weighted by Gasteiger charge is 2.40. The van der Waals surface area contributed by atoms with Crippen LogP contribution in [-0.4, -0.2) is 63.6 Å². The van der Waals surface area contributed by atoms with E-state index in [1.54, 1.807) is 0 Å². The Morgan fingerprint density at radius 2 is 1.40 bits per heavy atom. The van der Waals surface area contributed by atoms with E-state index < -0.39 is 0 Å². The maximum atomic E-state index is 12.5. The van der Waals surface area contributed by atoms with Gasteiger partial charge in [-0.2, -0.15) is 0 Å². The molecule has 5 heteroatoms. The number of halogens is 2. The number of quaternary nitrogens is 2. The predicted molar refractivity (Wildman–Crippen MR) is 76.0 cm³/mol. The molecular formula is C15H30Br2N2O. The van der Waals surface area contributed by atoms with Crippen LogP contribution in [0.1, 0.15) is 26.7 Å². The first-order chi connectivity index (χ1) is 7.82. The highest BCUT2D eigenvalue weighted by molar-refractivity contribution is 5.95. The number of Topliss-reactive ketones (excluding diaryl/α,β-unsaturated/α-hetero) is 1. The standard InChI is InChI=1S/C15H30N2O.2BrH/c1-15(2)9-12(11-16(3,4)5)14(13(18)10-15)17(6,7)8;;/h9-11H2,1-8H3;2*1H/q+2;;/p-2. The van der Waals surface area contributed by atoms with Crippen molar-refractivity contribution < 1.29 is 47.7 Å². The second kappa shape index (κ2) is 7.03. The number of ketones is 1. The number of allylic oxidation sites excluding steroid dienone is 1. The van der Waals surface area contributed by atoms with E-state index in [0.717, 1.165) is 23.1 Å². The molecular weight excluding hydrogens is 384 g/mol. The average Bonchev–Trinajstić information content (AvgIpc) is 1.91. The number of hydrogen-bond acceptors (Lipinski definition) is 1. The maximum Gasteiger partial charge on any atom is 0.216 e. The van der Waals surface area contributed by atoms with E-state index in [-0.39, 0.29) is 39.4 Å². The summed E-state index contributed by atoms with van der Waals surface area (Å²) in [5, 5.41) is 0. The summed E-state index contributed by atoms with van der Waals surface area (Å²) in [6.45, 7) is 5.36. The van der Waals surface area contributed by atoms with Crippen LogP contribution in [0.25, 0.3) is 0 Å². The Hall–Kier alpha value is 0.290. The Morgan fingerprint density at radius 3 is 1.75 bits per heavy atom. The highest BCUT2D eigenvalue weighted by Crippen LogP contribution is 2.39. The predicted octanol–water partition coefficient (Wildman–Crippen LogP) is -3.95. The molecule has 0 heterocycles. The smallest absolute Gasteiger partial charge is 0.216 e. The van der Waals surface area contributed by atoms with Crippen molar-refractivity contribution in [3.05, 3.63) is 11.3 Å². The first kappa shape index (κ1) is 22.6. The monoisotopic (exact) mass is 412 g/mol. The summed E-state index contributed by atoms with van der Waals surface area (Å²) in [5.41, 5.74) is 2.49. The number of likely N-dealkylation sites (N-methyl/N-ethyl adjacent to an activating group) is 2. The molecule has 0 fully saturated rings. The summed E-state index contributed by atoms with van der Waals surface area (Å²) in [6.07, 6.45) is 1.72. The zero-order chi connectivity index (χ0) is 14.4. The van der Waals surface area contributed by atoms with Crippen LogP contribution in [0.4, 0.5) is 0 Å². The van der Waals surface area contributed by atoms with Gasteiger partial charge in [0.05, 0.1) is 42.3 Å². The van der Waals surface area contributed by atoms with Crippen molar-refractivity contribution in [3.8, 4) is 0 Å². The van der Waals surface area contributed by atoms with Gasteiger partial charge in [-0.3, -0.25) is 9.28 Å². The van der Waals surface area contributed by atoms with E-state index >= 15 is 0 Å². The van der Waals surface area contributed by atoms with Crippen molar-refractivity contribution in [2.75, 3.05) is 48.8 Å². The fraction of sp³-hybridized carbons (Fsp3) is 0.800. The summed E-state index contributed by atoms with van der Waals surface area (Å²) in [5.74, 6) is 0.335. The molecule has 0 radical (unpaired) electrons. The lowest BCUT2D eigenvalue weighted by Gasteiger charge is -2.38. The van der Waals surface area contributed by atoms with Crippen LogP contribution in [0.15, 0.2) is 11.3 Å². The minimum atomic E-state index is 0. The lowest BCUT2D eigenvalue weighted by molar-refractivity contribution is -0.868. The number of carbonyl (C=O) groups excluding carboxylic acids is 1. The lowest BCUT2D eigenvalue weighted by Crippen LogP contribution is -3.00. The van der Waals surface area contributed by atoms with E-state index in [1.165, 1.54) is 5.57 Å². The first-order valence-corrected chi connectivity index (χ1v) is 6.70. The molecule has 1 aliphatic rings. The van der Waals surface area contributed by atoms with Gasteiger partial charge >= 0.3 is 0 Å². The fourth-order valence-electron chi connectivity index (χ4n) is 2.99. The van der Waals surface area contributed by atoms with Gasteiger partial charge in [-0.25, -0.2) is 0 Å². The Morgan fingerprint density at radius 1 is 0.950 bits per heavy atom. The van der Waals surface area contributed by atoms with Gasteiger partial charge in [0.2, 0.25) is 5.78 Å². The second-order valence-corrected chi connectivity index (χ2v) is 8.35. The van der Waals surface area contributed by atoms with Crippen molar-refractivity contribution in [2.24, 2.45) is 5.41 Å². The van der Waals surface area contributed by atoms with Gasteiger partial charge in [-0.15, -0.1) is 0 Å². The largest absolute Gasteiger partial charge is 1.00 e. The molecule has 0 N–H and O–H groups in total. The molecule has 0 aromatic rings. The van der Waals surface area contributed by atoms with Crippen LogP contribution in [0.3, 0.4) is 0 Å². The van der Waals surface area contributed by atoms with Crippen LogP contribution < -0.4 is 34.0 Å². The lowest BCUT2D eigenvalue weighted by atomic mass is 9.74. The van der Waals surface area contributed by atoms with Gasteiger partial charge in [0.15, 0.2) is 5.70 Å². The molecule has 0 bridgehead atoms. The Bertz CT molecular complexity index is 388. The molecule has 0 saturated carbocycles. The van der Waals surface area contributed by atoms with Gasteiger partial charge in [0, 0.05) is 12.0 Å². The third-order valence-corrected chi connectivity index (χ3v) is 3.27. The highest BCUT2D eigenvalue weighted by atomic mass is 79.9. The topological polar surface area (TPSA) is 17.1 Å². The molecule has 0 aromatic carbocycles. The number of nitrogens with zero attached hydrogens (tertiary/aromatic N) is 2. The van der Waals surface area contributed by atoms with Crippen LogP contribution in [-0.2, 0) is 4.79 Å². The molecule has 1 rings (SSSR count). The number of carbonyl (C=O) groups is 1. The SMILES string of the molecule is CC1(C)CC(=O)C([N+](C)(C)C)=C(C[N+](C)(C)C)C1.[Br-].[Br-]. The first-order valence-electron chi connectivity index (χ1n) is 6.70. The normalized spacial score (nSPS) is 19.3. The average molecular weight is 414 g/mol. The van der Waals surface area contributed by atoms with Gasteiger partial charge in [-0.1, -0.05) is 13.8 Å². The van der Waals surface area contributed by atoms with Crippen molar-refractivity contribution in [3.63, 3.8) is 0 Å². The molecule has 0 saturated heterocycles. The summed E-state index contributed by atoms with van der Waals surface area (Å²) >= 11 is 0. The molecule has 20 heavy (non-hydrogen) atoms. The van der Waals surface area contributed by atoms with Crippen LogP contribution >= 0.6 is 0 Å². The summed E-state index contributed by atoms with van der Waals surface area (Å²) in [7, 11) is 12.9. The maximum absolute atomic E-state index is 12.5. The molecule has 0 aromatic heterocycles. The summed E-state index contributed by atoms with van der Waals surface area (Å²) < 4.78 is 1.52. The molecule has 3 nitrogen and oxygen atoms in total. The molecule has 1 aliphatic carbocycles. The second-order valence-electron chi connectivity index (χ2n) is 8.35. The summed E-state index contributed by atoms with van der Waals surface area (Å²) in [6, 6.07) is 0. The van der Waals surface area contributed by atoms with Gasteiger partial charge in [0.1, 0.15) is 6.54 Å². The van der Waals surface area contributed by atoms with Crippen molar-refractivity contribution >= 4 is 5.78 Å². The molecule has 0 spiro atoms. The van der Waals surface area contributed by atoms with Crippen molar-refractivity contribution in [2.45, 2.75) is 26.7 Å². The third kappa shape index (κ3) is 6.37. The molecule has 0 aliphatic heterocycles. The minimum Gasteiger partial charge on any atom is -1.00 e. The quantitative estimate of drug-likeness (QED) is 0.431. The van der Waals surface area contributed by atoms with Crippen LogP contribution in [0.2, 0.25) is 0 Å². The third-order valence-electron chi connectivity index (χ3n) is 3.27. The Labute approximate surface area is 145 Å². The van der Waals surface area contributed by atoms with Crippen molar-refractivity contribution in [1.29, 1.82) is 0 Å². The van der Waals surface area contributed by atoms with Gasteiger partial charge < -0.3 is 38.4 Å². The van der Waals surface area contributed by atoms with E-state index in [9.17, 15) is 4.79 Å². The summed E-state index contributed by atoms with van der Waals surface area (Å²) in [4.78, 5) is 12.5. The molecule has 120 valence electrons. The fourth-order valence-corrected chi connectivity index (χ4v) is 2.99. The Balaban J connectivity index is 0. The van der Waals surface area contributed by atoms with E-state index in [0.29, 0.717) is 16.7 Å². The zero-order valence-corrected chi connectivity index (χ0v) is 17.4. The number of rotatable bonds is 3.